The molecule has 5 nitrogen and oxygen atoms in total. The molecule has 1 aromatic heterocycles. The topological polar surface area (TPSA) is 60.3 Å². The van der Waals surface area contributed by atoms with Crippen LogP contribution in [-0.4, -0.2) is 10.5 Å². The molecule has 0 spiro atoms. The lowest BCUT2D eigenvalue weighted by Crippen LogP contribution is -2.28. The van der Waals surface area contributed by atoms with Gasteiger partial charge in [0.1, 0.15) is 12.3 Å². The number of pyridine rings is 1. The first-order chi connectivity index (χ1) is 13.7. The lowest BCUT2D eigenvalue weighted by molar-refractivity contribution is -0.138. The number of amides is 1. The first kappa shape index (κ1) is 20.5. The normalized spacial score (nSPS) is 11.2. The number of hydrogen-bond acceptors (Lipinski definition) is 3. The van der Waals surface area contributed by atoms with E-state index in [1.54, 1.807) is 36.4 Å². The number of carbonyl (C=O) groups is 1. The molecule has 0 saturated carbocycles. The molecule has 2 aromatic carbocycles. The number of para-hydroxylation sites is 1. The van der Waals surface area contributed by atoms with Crippen molar-refractivity contribution in [3.05, 3.63) is 87.8 Å². The Kier molecular flexibility index (Phi) is 5.93. The number of alkyl halides is 3. The molecule has 1 heterocycles. The second kappa shape index (κ2) is 8.40. The van der Waals surface area contributed by atoms with E-state index in [-0.39, 0.29) is 11.4 Å². The Morgan fingerprint density at radius 2 is 1.79 bits per heavy atom. The molecule has 3 rings (SSSR count). The maximum Gasteiger partial charge on any atom is 0.417 e. The van der Waals surface area contributed by atoms with Gasteiger partial charge in [0.15, 0.2) is 5.75 Å². The fraction of sp³-hybridized carbons (Fsp3) is 0.100. The number of nitrogens with one attached hydrogen (secondary N) is 1. The molecular weight excluding hydrogens is 409 g/mol. The summed E-state index contributed by atoms with van der Waals surface area (Å²) in [5, 5.41) is 2.83. The summed E-state index contributed by atoms with van der Waals surface area (Å²) in [7, 11) is 0. The summed E-state index contributed by atoms with van der Waals surface area (Å²) in [5.41, 5.74) is -1.55. The minimum atomic E-state index is -4.63. The van der Waals surface area contributed by atoms with Crippen molar-refractivity contribution in [2.45, 2.75) is 12.7 Å². The second-order valence-corrected chi connectivity index (χ2v) is 6.42. The van der Waals surface area contributed by atoms with E-state index >= 15 is 0 Å². The maximum atomic E-state index is 12.8. The third-order valence-corrected chi connectivity index (χ3v) is 4.05. The quantitative estimate of drug-likeness (QED) is 0.632. The van der Waals surface area contributed by atoms with Crippen LogP contribution in [0.3, 0.4) is 0 Å². The van der Waals surface area contributed by atoms with Crippen LogP contribution in [0.15, 0.2) is 71.7 Å². The third kappa shape index (κ3) is 5.39. The zero-order valence-corrected chi connectivity index (χ0v) is 15.5. The fourth-order valence-corrected chi connectivity index (χ4v) is 2.64. The number of carbonyl (C=O) groups excluding carboxylic acids is 1. The molecule has 9 heteroatoms. The molecule has 29 heavy (non-hydrogen) atoms. The summed E-state index contributed by atoms with van der Waals surface area (Å²) in [6.45, 7) is -0.611. The summed E-state index contributed by atoms with van der Waals surface area (Å²) in [5.74, 6) is 0.0800. The van der Waals surface area contributed by atoms with Crippen LogP contribution in [0.2, 0.25) is 5.02 Å². The van der Waals surface area contributed by atoms with Crippen molar-refractivity contribution in [2.24, 2.45) is 0 Å². The van der Waals surface area contributed by atoms with Gasteiger partial charge in [0.2, 0.25) is 5.91 Å². The van der Waals surface area contributed by atoms with Crippen LogP contribution in [-0.2, 0) is 17.5 Å². The fourth-order valence-electron chi connectivity index (χ4n) is 2.47. The van der Waals surface area contributed by atoms with E-state index in [1.807, 2.05) is 6.07 Å². The molecule has 0 aliphatic heterocycles. The number of halogens is 4. The number of anilines is 1. The number of rotatable bonds is 5. The van der Waals surface area contributed by atoms with E-state index in [2.05, 4.69) is 5.32 Å². The number of ether oxygens (including phenoxy) is 1. The third-order valence-electron chi connectivity index (χ3n) is 3.81. The van der Waals surface area contributed by atoms with Crippen LogP contribution in [0.1, 0.15) is 5.56 Å². The Hall–Kier alpha value is -3.26. The van der Waals surface area contributed by atoms with E-state index in [1.165, 1.54) is 6.07 Å². The predicted molar refractivity (Wildman–Crippen MR) is 102 cm³/mol. The molecule has 1 N–H and O–H groups in total. The average molecular weight is 423 g/mol. The van der Waals surface area contributed by atoms with Gasteiger partial charge < -0.3 is 14.6 Å². The van der Waals surface area contributed by atoms with Crippen LogP contribution >= 0.6 is 11.6 Å². The van der Waals surface area contributed by atoms with E-state index in [0.717, 1.165) is 6.07 Å². The second-order valence-electron chi connectivity index (χ2n) is 5.99. The van der Waals surface area contributed by atoms with Gasteiger partial charge in [-0.15, -0.1) is 0 Å². The van der Waals surface area contributed by atoms with Crippen molar-refractivity contribution < 1.29 is 22.7 Å². The van der Waals surface area contributed by atoms with E-state index in [0.29, 0.717) is 27.6 Å². The Morgan fingerprint density at radius 1 is 1.07 bits per heavy atom. The Morgan fingerprint density at radius 3 is 2.48 bits per heavy atom. The molecule has 3 aromatic rings. The zero-order valence-electron chi connectivity index (χ0n) is 14.7. The molecule has 0 bridgehead atoms. The minimum Gasteiger partial charge on any atom is -0.455 e. The molecule has 1 amide bonds. The molecule has 0 atom stereocenters. The SMILES string of the molecule is O=C(Cn1cc(C(F)(F)F)ccc1=O)Nc1cc(Cl)ccc1Oc1ccccc1. The molecular formula is C20H14ClF3N2O3. The van der Waals surface area contributed by atoms with Gasteiger partial charge in [-0.2, -0.15) is 13.2 Å². The lowest BCUT2D eigenvalue weighted by atomic mass is 10.2. The van der Waals surface area contributed by atoms with Crippen molar-refractivity contribution in [1.82, 2.24) is 4.57 Å². The minimum absolute atomic E-state index is 0.214. The Balaban J connectivity index is 1.81. The predicted octanol–water partition coefficient (Wildman–Crippen LogP) is 4.95. The molecule has 0 saturated heterocycles. The van der Waals surface area contributed by atoms with Crippen molar-refractivity contribution in [2.75, 3.05) is 5.32 Å². The van der Waals surface area contributed by atoms with Crippen molar-refractivity contribution in [3.63, 3.8) is 0 Å². The van der Waals surface area contributed by atoms with Crippen LogP contribution in [0.25, 0.3) is 0 Å². The van der Waals surface area contributed by atoms with Gasteiger partial charge in [0.05, 0.1) is 11.3 Å². The van der Waals surface area contributed by atoms with Gasteiger partial charge in [0, 0.05) is 17.3 Å². The summed E-state index contributed by atoms with van der Waals surface area (Å²) >= 11 is 5.97. The van der Waals surface area contributed by atoms with E-state index in [9.17, 15) is 22.8 Å². The van der Waals surface area contributed by atoms with Crippen molar-refractivity contribution in [1.29, 1.82) is 0 Å². The largest absolute Gasteiger partial charge is 0.455 e. The van der Waals surface area contributed by atoms with Gasteiger partial charge in [-0.05, 0) is 36.4 Å². The smallest absolute Gasteiger partial charge is 0.417 e. The number of benzene rings is 2. The molecule has 0 fully saturated rings. The summed E-state index contributed by atoms with van der Waals surface area (Å²) in [6, 6.07) is 14.7. The van der Waals surface area contributed by atoms with Gasteiger partial charge in [-0.25, -0.2) is 0 Å². The van der Waals surface area contributed by atoms with Gasteiger partial charge in [0.25, 0.3) is 5.56 Å². The average Bonchev–Trinajstić information content (AvgIpc) is 2.65. The van der Waals surface area contributed by atoms with Crippen molar-refractivity contribution >= 4 is 23.2 Å². The Labute approximate surface area is 168 Å². The van der Waals surface area contributed by atoms with E-state index < -0.39 is 29.8 Å². The van der Waals surface area contributed by atoms with Gasteiger partial charge in [-0.1, -0.05) is 29.8 Å². The standard InChI is InChI=1S/C20H14ClF3N2O3/c21-14-7-8-17(29-15-4-2-1-3-5-15)16(10-14)25-18(27)12-26-11-13(20(22,23)24)6-9-19(26)28/h1-11H,12H2,(H,25,27). The van der Waals surface area contributed by atoms with Crippen LogP contribution in [0.5, 0.6) is 11.5 Å². The number of aromatic nitrogens is 1. The first-order valence-electron chi connectivity index (χ1n) is 8.32. The van der Waals surface area contributed by atoms with Crippen LogP contribution in [0, 0.1) is 0 Å². The molecule has 0 unspecified atom stereocenters. The van der Waals surface area contributed by atoms with Crippen LogP contribution in [0.4, 0.5) is 18.9 Å². The number of hydrogen-bond donors (Lipinski definition) is 1. The highest BCUT2D eigenvalue weighted by atomic mass is 35.5. The summed E-state index contributed by atoms with van der Waals surface area (Å²) in [6.07, 6.45) is -4.03. The lowest BCUT2D eigenvalue weighted by Gasteiger charge is -2.14. The van der Waals surface area contributed by atoms with Crippen molar-refractivity contribution in [3.8, 4) is 11.5 Å². The van der Waals surface area contributed by atoms with Crippen LogP contribution < -0.4 is 15.6 Å². The summed E-state index contributed by atoms with van der Waals surface area (Å²) in [4.78, 5) is 24.2. The van der Waals surface area contributed by atoms with Gasteiger partial charge in [-0.3, -0.25) is 9.59 Å². The summed E-state index contributed by atoms with van der Waals surface area (Å²) < 4.78 is 44.9. The monoisotopic (exact) mass is 422 g/mol. The molecule has 0 aliphatic rings. The molecule has 150 valence electrons. The maximum absolute atomic E-state index is 12.8. The number of nitrogens with zero attached hydrogens (tertiary/aromatic N) is 1. The first-order valence-corrected chi connectivity index (χ1v) is 8.70. The highest BCUT2D eigenvalue weighted by Gasteiger charge is 2.31. The van der Waals surface area contributed by atoms with Gasteiger partial charge >= 0.3 is 6.18 Å². The molecule has 0 aliphatic carbocycles. The molecule has 0 radical (unpaired) electrons. The highest BCUT2D eigenvalue weighted by Crippen LogP contribution is 2.32. The van der Waals surface area contributed by atoms with E-state index in [4.69, 9.17) is 16.3 Å². The highest BCUT2D eigenvalue weighted by molar-refractivity contribution is 6.31. The Bertz CT molecular complexity index is 1080. The zero-order chi connectivity index (χ0) is 21.0.